The van der Waals surface area contributed by atoms with Gasteiger partial charge in [0.05, 0.1) is 5.69 Å². The van der Waals surface area contributed by atoms with Crippen LogP contribution in [0.15, 0.2) is 84.9 Å². The molecule has 10 heteroatoms. The van der Waals surface area contributed by atoms with Crippen LogP contribution < -0.4 is 9.62 Å². The molecule has 3 aromatic rings. The monoisotopic (exact) mass is 526 g/mol. The van der Waals surface area contributed by atoms with Crippen LogP contribution in [-0.4, -0.2) is 63.2 Å². The summed E-state index contributed by atoms with van der Waals surface area (Å²) in [6.45, 7) is -0.495. The van der Waals surface area contributed by atoms with E-state index in [1.54, 1.807) is 0 Å². The summed E-state index contributed by atoms with van der Waals surface area (Å²) >= 11 is 0. The summed E-state index contributed by atoms with van der Waals surface area (Å²) < 4.78 is 41.9. The van der Waals surface area contributed by atoms with Gasteiger partial charge in [-0.25, -0.2) is 8.70 Å². The average Bonchev–Trinajstić information content (AvgIpc) is 2.90. The van der Waals surface area contributed by atoms with Crippen molar-refractivity contribution in [1.29, 1.82) is 0 Å². The highest BCUT2D eigenvalue weighted by atomic mass is 32.2. The van der Waals surface area contributed by atoms with Crippen molar-refractivity contribution in [1.82, 2.24) is 14.5 Å². The first-order valence-electron chi connectivity index (χ1n) is 11.7. The van der Waals surface area contributed by atoms with Gasteiger partial charge < -0.3 is 10.2 Å². The van der Waals surface area contributed by atoms with Gasteiger partial charge in [-0.15, -0.1) is 0 Å². The third-order valence-electron chi connectivity index (χ3n) is 5.85. The predicted molar refractivity (Wildman–Crippen MR) is 141 cm³/mol. The van der Waals surface area contributed by atoms with E-state index in [4.69, 9.17) is 0 Å². The lowest BCUT2D eigenvalue weighted by Gasteiger charge is -2.34. The van der Waals surface area contributed by atoms with Crippen LogP contribution in [0.3, 0.4) is 0 Å². The second-order valence-corrected chi connectivity index (χ2v) is 10.7. The first-order valence-corrected chi connectivity index (χ1v) is 13.1. The van der Waals surface area contributed by atoms with Crippen molar-refractivity contribution in [2.75, 3.05) is 32.0 Å². The topological polar surface area (TPSA) is 90.0 Å². The summed E-state index contributed by atoms with van der Waals surface area (Å²) in [5.74, 6) is -1.49. The molecule has 37 heavy (non-hydrogen) atoms. The van der Waals surface area contributed by atoms with Crippen LogP contribution in [0.25, 0.3) is 0 Å². The Balaban J connectivity index is 2.04. The molecule has 0 unspecified atom stereocenters. The van der Waals surface area contributed by atoms with Gasteiger partial charge in [0.25, 0.3) is 0 Å². The maximum Gasteiger partial charge on any atom is 0.304 e. The van der Waals surface area contributed by atoms with E-state index in [0.29, 0.717) is 0 Å². The fourth-order valence-electron chi connectivity index (χ4n) is 3.82. The SMILES string of the molecule is CNC(=O)[C@@H](Cc1ccccc1)N(Cc1ccccc1)C(=O)CN(c1ccc(F)cc1)S(=O)(=O)N(C)C. The molecule has 0 aromatic heterocycles. The Labute approximate surface area is 217 Å². The second-order valence-electron chi connectivity index (χ2n) is 8.60. The lowest BCUT2D eigenvalue weighted by molar-refractivity contribution is -0.139. The van der Waals surface area contributed by atoms with Crippen LogP contribution >= 0.6 is 0 Å². The minimum absolute atomic E-state index is 0.0872. The molecule has 0 saturated carbocycles. The van der Waals surface area contributed by atoms with E-state index in [9.17, 15) is 22.4 Å². The third kappa shape index (κ3) is 7.14. The molecule has 0 aliphatic rings. The van der Waals surface area contributed by atoms with Gasteiger partial charge in [-0.2, -0.15) is 12.7 Å². The van der Waals surface area contributed by atoms with E-state index in [-0.39, 0.29) is 24.6 Å². The molecule has 0 aliphatic carbocycles. The fourth-order valence-corrected chi connectivity index (χ4v) is 4.88. The highest BCUT2D eigenvalue weighted by Gasteiger charge is 2.34. The van der Waals surface area contributed by atoms with Crippen molar-refractivity contribution in [3.8, 4) is 0 Å². The van der Waals surface area contributed by atoms with Crippen molar-refractivity contribution in [3.05, 3.63) is 102 Å². The van der Waals surface area contributed by atoms with Gasteiger partial charge in [0, 0.05) is 34.1 Å². The summed E-state index contributed by atoms with van der Waals surface area (Å²) in [6, 6.07) is 22.4. The molecule has 3 rings (SSSR count). The first kappa shape index (κ1) is 27.8. The molecule has 0 spiro atoms. The summed E-state index contributed by atoms with van der Waals surface area (Å²) in [7, 11) is 0.0684. The van der Waals surface area contributed by atoms with E-state index in [0.717, 1.165) is 31.9 Å². The molecule has 1 atom stereocenters. The lowest BCUT2D eigenvalue weighted by atomic mass is 10.0. The molecule has 0 radical (unpaired) electrons. The molecule has 8 nitrogen and oxygen atoms in total. The summed E-state index contributed by atoms with van der Waals surface area (Å²) in [5.41, 5.74) is 1.75. The number of anilines is 1. The number of hydrogen-bond donors (Lipinski definition) is 1. The quantitative estimate of drug-likeness (QED) is 0.416. The van der Waals surface area contributed by atoms with Crippen molar-refractivity contribution in [2.24, 2.45) is 0 Å². The molecule has 196 valence electrons. The highest BCUT2D eigenvalue weighted by molar-refractivity contribution is 7.90. The Morgan fingerprint density at radius 2 is 1.41 bits per heavy atom. The fraction of sp³-hybridized carbons (Fsp3) is 0.259. The zero-order valence-corrected chi connectivity index (χ0v) is 21.9. The van der Waals surface area contributed by atoms with Crippen LogP contribution in [0.1, 0.15) is 11.1 Å². The second kappa shape index (κ2) is 12.5. The van der Waals surface area contributed by atoms with E-state index in [2.05, 4.69) is 5.32 Å². The number of carbonyl (C=O) groups excluding carboxylic acids is 2. The Morgan fingerprint density at radius 3 is 1.92 bits per heavy atom. The Bertz CT molecular complexity index is 1290. The maximum absolute atomic E-state index is 13.9. The minimum atomic E-state index is -4.12. The number of nitrogens with one attached hydrogen (secondary N) is 1. The molecule has 0 bridgehead atoms. The highest BCUT2D eigenvalue weighted by Crippen LogP contribution is 2.22. The number of benzene rings is 3. The molecule has 0 heterocycles. The maximum atomic E-state index is 13.9. The van der Waals surface area contributed by atoms with E-state index >= 15 is 0 Å². The predicted octanol–water partition coefficient (Wildman–Crippen LogP) is 2.82. The Morgan fingerprint density at radius 1 is 0.865 bits per heavy atom. The van der Waals surface area contributed by atoms with Gasteiger partial charge in [0.15, 0.2) is 0 Å². The van der Waals surface area contributed by atoms with Gasteiger partial charge in [0.1, 0.15) is 18.4 Å². The van der Waals surface area contributed by atoms with Crippen LogP contribution in [-0.2, 0) is 32.8 Å². The zero-order valence-electron chi connectivity index (χ0n) is 21.0. The molecule has 0 saturated heterocycles. The van der Waals surface area contributed by atoms with Crippen molar-refractivity contribution in [3.63, 3.8) is 0 Å². The third-order valence-corrected chi connectivity index (χ3v) is 7.67. The number of halogens is 1. The number of hydrogen-bond acceptors (Lipinski definition) is 4. The Hall–Kier alpha value is -3.76. The normalized spacial score (nSPS) is 12.1. The average molecular weight is 527 g/mol. The summed E-state index contributed by atoms with van der Waals surface area (Å²) in [5, 5.41) is 2.63. The minimum Gasteiger partial charge on any atom is -0.357 e. The van der Waals surface area contributed by atoms with Gasteiger partial charge in [-0.1, -0.05) is 60.7 Å². The Kier molecular flexibility index (Phi) is 9.37. The summed E-state index contributed by atoms with van der Waals surface area (Å²) in [4.78, 5) is 28.3. The molecule has 1 N–H and O–H groups in total. The standard InChI is InChI=1S/C27H31FN4O4S/c1-29-27(34)25(18-21-10-6-4-7-11-21)31(19-22-12-8-5-9-13-22)26(33)20-32(37(35,36)30(2)3)24-16-14-23(28)15-17-24/h4-17,25H,18-20H2,1-3H3,(H,29,34)/t25-/m1/s1. The van der Waals surface area contributed by atoms with Gasteiger partial charge in [0.2, 0.25) is 11.8 Å². The first-order chi connectivity index (χ1) is 17.6. The molecular weight excluding hydrogens is 495 g/mol. The zero-order chi connectivity index (χ0) is 27.0. The molecule has 0 aliphatic heterocycles. The molecule has 2 amide bonds. The van der Waals surface area contributed by atoms with Gasteiger partial charge in [-0.3, -0.25) is 9.59 Å². The van der Waals surface area contributed by atoms with Crippen LogP contribution in [0.4, 0.5) is 10.1 Å². The summed E-state index contributed by atoms with van der Waals surface area (Å²) in [6.07, 6.45) is 0.232. The van der Waals surface area contributed by atoms with Crippen molar-refractivity contribution >= 4 is 27.7 Å². The van der Waals surface area contributed by atoms with Crippen molar-refractivity contribution < 1.29 is 22.4 Å². The van der Waals surface area contributed by atoms with E-state index in [1.807, 2.05) is 60.7 Å². The molecule has 3 aromatic carbocycles. The number of carbonyl (C=O) groups is 2. The van der Waals surface area contributed by atoms with Crippen LogP contribution in [0, 0.1) is 5.82 Å². The molecular formula is C27H31FN4O4S. The lowest BCUT2D eigenvalue weighted by Crippen LogP contribution is -2.53. The van der Waals surface area contributed by atoms with Crippen LogP contribution in [0.5, 0.6) is 0 Å². The smallest absolute Gasteiger partial charge is 0.304 e. The number of amides is 2. The number of nitrogens with zero attached hydrogens (tertiary/aromatic N) is 3. The van der Waals surface area contributed by atoms with E-state index < -0.39 is 34.5 Å². The van der Waals surface area contributed by atoms with Crippen molar-refractivity contribution in [2.45, 2.75) is 19.0 Å². The van der Waals surface area contributed by atoms with Gasteiger partial charge in [-0.05, 0) is 35.4 Å². The van der Waals surface area contributed by atoms with Crippen LogP contribution in [0.2, 0.25) is 0 Å². The largest absolute Gasteiger partial charge is 0.357 e. The number of rotatable bonds is 11. The number of likely N-dealkylation sites (N-methyl/N-ethyl adjacent to an activating group) is 1. The molecule has 0 fully saturated rings. The van der Waals surface area contributed by atoms with Gasteiger partial charge >= 0.3 is 10.2 Å². The van der Waals surface area contributed by atoms with E-state index in [1.165, 1.54) is 38.2 Å².